The van der Waals surface area contributed by atoms with Crippen molar-refractivity contribution in [3.05, 3.63) is 0 Å². The first kappa shape index (κ1) is 13.7. The first-order valence-corrected chi connectivity index (χ1v) is 5.03. The minimum atomic E-state index is -0.590. The standard InChI is InChI=1S/C10H20N2O3/c1-6(2)8(12-10(14)15-5)9(13)11-7(3)4/h6-8H,1-5H3,(H,11,13)(H,12,14)/t8-/m1/s1. The molecule has 88 valence electrons. The lowest BCUT2D eigenvalue weighted by Crippen LogP contribution is -2.51. The lowest BCUT2D eigenvalue weighted by Gasteiger charge is -2.22. The van der Waals surface area contributed by atoms with E-state index < -0.39 is 12.1 Å². The number of nitrogens with one attached hydrogen (secondary N) is 2. The summed E-state index contributed by atoms with van der Waals surface area (Å²) in [6.45, 7) is 7.46. The molecule has 0 spiro atoms. The third kappa shape index (κ3) is 5.24. The van der Waals surface area contributed by atoms with Crippen LogP contribution in [-0.4, -0.2) is 31.2 Å². The molecule has 0 fully saturated rings. The lowest BCUT2D eigenvalue weighted by atomic mass is 10.0. The zero-order chi connectivity index (χ0) is 12.0. The Morgan fingerprint density at radius 2 is 1.60 bits per heavy atom. The van der Waals surface area contributed by atoms with E-state index in [1.165, 1.54) is 7.11 Å². The van der Waals surface area contributed by atoms with Crippen molar-refractivity contribution in [1.82, 2.24) is 10.6 Å². The maximum Gasteiger partial charge on any atom is 0.407 e. The Bertz CT molecular complexity index is 227. The zero-order valence-corrected chi connectivity index (χ0v) is 9.96. The molecule has 1 atom stereocenters. The summed E-state index contributed by atoms with van der Waals surface area (Å²) in [5, 5.41) is 5.24. The molecule has 0 saturated carbocycles. The van der Waals surface area contributed by atoms with Crippen LogP contribution in [0.25, 0.3) is 0 Å². The van der Waals surface area contributed by atoms with E-state index in [1.807, 2.05) is 27.7 Å². The molecule has 0 rings (SSSR count). The number of ether oxygens (including phenoxy) is 1. The van der Waals surface area contributed by atoms with Crippen LogP contribution in [0.5, 0.6) is 0 Å². The Morgan fingerprint density at radius 1 is 1.07 bits per heavy atom. The number of rotatable bonds is 4. The Kier molecular flexibility index (Phi) is 5.74. The highest BCUT2D eigenvalue weighted by Gasteiger charge is 2.24. The van der Waals surface area contributed by atoms with E-state index in [0.29, 0.717) is 0 Å². The van der Waals surface area contributed by atoms with Gasteiger partial charge in [-0.2, -0.15) is 0 Å². The van der Waals surface area contributed by atoms with Crippen LogP contribution in [0.4, 0.5) is 4.79 Å². The fourth-order valence-electron chi connectivity index (χ4n) is 1.10. The second-order valence-corrected chi connectivity index (χ2v) is 4.02. The lowest BCUT2D eigenvalue weighted by molar-refractivity contribution is -0.124. The summed E-state index contributed by atoms with van der Waals surface area (Å²) in [6, 6.07) is -0.502. The second kappa shape index (κ2) is 6.27. The van der Waals surface area contributed by atoms with Gasteiger partial charge in [0.2, 0.25) is 5.91 Å². The monoisotopic (exact) mass is 216 g/mol. The molecule has 0 saturated heterocycles. The number of hydrogen-bond donors (Lipinski definition) is 2. The van der Waals surface area contributed by atoms with E-state index in [4.69, 9.17) is 0 Å². The van der Waals surface area contributed by atoms with Gasteiger partial charge < -0.3 is 15.4 Å². The fraction of sp³-hybridized carbons (Fsp3) is 0.800. The second-order valence-electron chi connectivity index (χ2n) is 4.02. The predicted octanol–water partition coefficient (Wildman–Crippen LogP) is 0.892. The molecule has 0 aliphatic rings. The van der Waals surface area contributed by atoms with Crippen LogP contribution >= 0.6 is 0 Å². The topological polar surface area (TPSA) is 67.4 Å². The molecule has 5 nitrogen and oxygen atoms in total. The fourth-order valence-corrected chi connectivity index (χ4v) is 1.10. The molecule has 0 aliphatic heterocycles. The van der Waals surface area contributed by atoms with Gasteiger partial charge >= 0.3 is 6.09 Å². The third-order valence-electron chi connectivity index (χ3n) is 1.84. The van der Waals surface area contributed by atoms with Crippen molar-refractivity contribution in [2.45, 2.75) is 39.8 Å². The first-order chi connectivity index (χ1) is 6.88. The van der Waals surface area contributed by atoms with Crippen molar-refractivity contribution in [2.75, 3.05) is 7.11 Å². The van der Waals surface area contributed by atoms with Crippen LogP contribution in [0.2, 0.25) is 0 Å². The van der Waals surface area contributed by atoms with Gasteiger partial charge in [0.1, 0.15) is 6.04 Å². The van der Waals surface area contributed by atoms with Crippen molar-refractivity contribution in [2.24, 2.45) is 5.92 Å². The van der Waals surface area contributed by atoms with E-state index in [-0.39, 0.29) is 17.9 Å². The molecule has 0 aliphatic carbocycles. The quantitative estimate of drug-likeness (QED) is 0.733. The molecular formula is C10H20N2O3. The minimum Gasteiger partial charge on any atom is -0.453 e. The summed E-state index contributed by atoms with van der Waals surface area (Å²) in [6.07, 6.45) is -0.590. The van der Waals surface area contributed by atoms with Gasteiger partial charge in [0.25, 0.3) is 0 Å². The number of hydrogen-bond acceptors (Lipinski definition) is 3. The largest absolute Gasteiger partial charge is 0.453 e. The number of carbonyl (C=O) groups is 2. The van der Waals surface area contributed by atoms with Crippen LogP contribution in [0.3, 0.4) is 0 Å². The van der Waals surface area contributed by atoms with Gasteiger partial charge in [-0.3, -0.25) is 4.79 Å². The minimum absolute atomic E-state index is 0.0165. The molecule has 0 bridgehead atoms. The van der Waals surface area contributed by atoms with E-state index in [9.17, 15) is 9.59 Å². The molecule has 0 aromatic heterocycles. The molecule has 0 heterocycles. The molecule has 0 unspecified atom stereocenters. The van der Waals surface area contributed by atoms with Crippen molar-refractivity contribution in [1.29, 1.82) is 0 Å². The summed E-state index contributed by atoms with van der Waals surface area (Å²) >= 11 is 0. The molecular weight excluding hydrogens is 196 g/mol. The van der Waals surface area contributed by atoms with E-state index in [0.717, 1.165) is 0 Å². The Hall–Kier alpha value is -1.26. The highest BCUT2D eigenvalue weighted by molar-refractivity contribution is 5.85. The number of alkyl carbamates (subject to hydrolysis) is 1. The molecule has 15 heavy (non-hydrogen) atoms. The van der Waals surface area contributed by atoms with Crippen molar-refractivity contribution in [3.63, 3.8) is 0 Å². The van der Waals surface area contributed by atoms with Gasteiger partial charge in [0, 0.05) is 6.04 Å². The average Bonchev–Trinajstić information content (AvgIpc) is 2.11. The highest BCUT2D eigenvalue weighted by atomic mass is 16.5. The molecule has 5 heteroatoms. The SMILES string of the molecule is COC(=O)N[C@@H](C(=O)NC(C)C)C(C)C. The summed E-state index contributed by atoms with van der Waals surface area (Å²) in [4.78, 5) is 22.7. The number of carbonyl (C=O) groups excluding carboxylic acids is 2. The number of amides is 2. The van der Waals surface area contributed by atoms with Gasteiger partial charge in [-0.05, 0) is 19.8 Å². The van der Waals surface area contributed by atoms with Crippen molar-refractivity contribution >= 4 is 12.0 Å². The molecule has 0 radical (unpaired) electrons. The molecule has 0 aromatic rings. The molecule has 2 N–H and O–H groups in total. The van der Waals surface area contributed by atoms with Crippen LogP contribution in [0.15, 0.2) is 0 Å². The maximum atomic E-state index is 11.7. The van der Waals surface area contributed by atoms with Crippen molar-refractivity contribution in [3.8, 4) is 0 Å². The number of methoxy groups -OCH3 is 1. The highest BCUT2D eigenvalue weighted by Crippen LogP contribution is 2.02. The van der Waals surface area contributed by atoms with Crippen LogP contribution in [0.1, 0.15) is 27.7 Å². The predicted molar refractivity (Wildman–Crippen MR) is 57.4 cm³/mol. The van der Waals surface area contributed by atoms with E-state index in [1.54, 1.807) is 0 Å². The Labute approximate surface area is 90.6 Å². The average molecular weight is 216 g/mol. The van der Waals surface area contributed by atoms with Gasteiger partial charge in [-0.1, -0.05) is 13.8 Å². The summed E-state index contributed by atoms with van der Waals surface area (Å²) < 4.78 is 4.46. The smallest absolute Gasteiger partial charge is 0.407 e. The van der Waals surface area contributed by atoms with Gasteiger partial charge in [-0.15, -0.1) is 0 Å². The normalized spacial score (nSPS) is 12.5. The summed E-state index contributed by atoms with van der Waals surface area (Å²) in [5.41, 5.74) is 0. The maximum absolute atomic E-state index is 11.7. The van der Waals surface area contributed by atoms with Gasteiger partial charge in [-0.25, -0.2) is 4.79 Å². The van der Waals surface area contributed by atoms with Crippen LogP contribution < -0.4 is 10.6 Å². The molecule has 2 amide bonds. The van der Waals surface area contributed by atoms with Gasteiger partial charge in [0.05, 0.1) is 7.11 Å². The Balaban J connectivity index is 4.39. The zero-order valence-electron chi connectivity index (χ0n) is 9.96. The summed E-state index contributed by atoms with van der Waals surface area (Å²) in [5.74, 6) is -0.173. The third-order valence-corrected chi connectivity index (χ3v) is 1.84. The van der Waals surface area contributed by atoms with Crippen LogP contribution in [0, 0.1) is 5.92 Å². The van der Waals surface area contributed by atoms with E-state index in [2.05, 4.69) is 15.4 Å². The van der Waals surface area contributed by atoms with Crippen LogP contribution in [-0.2, 0) is 9.53 Å². The van der Waals surface area contributed by atoms with Gasteiger partial charge in [0.15, 0.2) is 0 Å². The van der Waals surface area contributed by atoms with Crippen molar-refractivity contribution < 1.29 is 14.3 Å². The first-order valence-electron chi connectivity index (χ1n) is 5.03. The summed E-state index contributed by atoms with van der Waals surface area (Å²) in [7, 11) is 1.27. The Morgan fingerprint density at radius 3 is 1.93 bits per heavy atom. The molecule has 0 aromatic carbocycles. The van der Waals surface area contributed by atoms with E-state index >= 15 is 0 Å².